The molecule has 0 aromatic heterocycles. The summed E-state index contributed by atoms with van der Waals surface area (Å²) in [6, 6.07) is 63.3. The zero-order valence-electron chi connectivity index (χ0n) is 84.4. The lowest BCUT2D eigenvalue weighted by Crippen LogP contribution is -2.48. The number of carbonyl (C=O) groups is 8. The number of likely N-dealkylation sites (tertiary alicyclic amines) is 2. The summed E-state index contributed by atoms with van der Waals surface area (Å²) in [7, 11) is 9.21. The fourth-order valence-electron chi connectivity index (χ4n) is 18.5. The highest BCUT2D eigenvalue weighted by atomic mass is 35.5. The number of methoxy groups -OCH3 is 3. The molecule has 0 spiro atoms. The number of nitrogens with one attached hydrogen (secondary N) is 5. The van der Waals surface area contributed by atoms with Crippen LogP contribution in [0.15, 0.2) is 200 Å². The first-order chi connectivity index (χ1) is 67.2. The van der Waals surface area contributed by atoms with Crippen LogP contribution in [0, 0.1) is 17.8 Å². The van der Waals surface area contributed by atoms with Crippen molar-refractivity contribution < 1.29 is 82.5 Å². The predicted octanol–water partition coefficient (Wildman–Crippen LogP) is 21.6. The Morgan fingerprint density at radius 3 is 1.05 bits per heavy atom. The lowest BCUT2D eigenvalue weighted by atomic mass is 9.72. The van der Waals surface area contributed by atoms with Crippen molar-refractivity contribution in [2.75, 3.05) is 101 Å². The van der Waals surface area contributed by atoms with E-state index in [1.807, 2.05) is 159 Å². The van der Waals surface area contributed by atoms with Gasteiger partial charge >= 0.3 is 36.4 Å². The number of carboxylic acid groups (broad SMARTS) is 1. The number of carbonyl (C=O) groups excluding carboxylic acids is 7. The molecule has 0 radical (unpaired) electrons. The molecule has 0 unspecified atom stereocenters. The van der Waals surface area contributed by atoms with Crippen LogP contribution in [0.4, 0.5) is 24.0 Å². The van der Waals surface area contributed by atoms with Crippen LogP contribution in [0.2, 0.25) is 15.1 Å². The Hall–Kier alpha value is -11.6. The highest BCUT2D eigenvalue weighted by Gasteiger charge is 2.46. The van der Waals surface area contributed by atoms with Gasteiger partial charge in [-0.2, -0.15) is 0 Å². The highest BCUT2D eigenvalue weighted by Crippen LogP contribution is 2.50. The number of amides is 7. The number of piperidine rings is 3. The van der Waals surface area contributed by atoms with Crippen molar-refractivity contribution in [3.8, 4) is 33.4 Å². The molecule has 6 atom stereocenters. The van der Waals surface area contributed by atoms with E-state index in [1.165, 1.54) is 54.4 Å². The van der Waals surface area contributed by atoms with Crippen LogP contribution in [0.5, 0.6) is 0 Å². The molecule has 29 heteroatoms. The number of carboxylic acids is 1. The number of aryl methyl sites for hydroxylation is 3. The van der Waals surface area contributed by atoms with Gasteiger partial charge in [-0.05, 0) is 273 Å². The maximum Gasteiger partial charge on any atom is 0.410 e. The van der Waals surface area contributed by atoms with Gasteiger partial charge in [0.1, 0.15) is 11.2 Å². The van der Waals surface area contributed by atoms with Crippen LogP contribution in [-0.2, 0) is 79.4 Å². The van der Waals surface area contributed by atoms with E-state index in [9.17, 15) is 53.7 Å². The van der Waals surface area contributed by atoms with Crippen molar-refractivity contribution >= 4 is 83.1 Å². The summed E-state index contributed by atoms with van der Waals surface area (Å²) in [4.78, 5) is 104. The maximum atomic E-state index is 13.9. The Labute approximate surface area is 847 Å². The average molecular weight is 1990 g/mol. The molecule has 3 heterocycles. The van der Waals surface area contributed by atoms with Gasteiger partial charge in [0.05, 0.1) is 43.7 Å². The van der Waals surface area contributed by atoms with E-state index >= 15 is 0 Å². The quantitative estimate of drug-likeness (QED) is 0.0136. The molecule has 0 saturated carbocycles. The van der Waals surface area contributed by atoms with Crippen LogP contribution >= 0.6 is 34.8 Å². The lowest BCUT2D eigenvalue weighted by molar-refractivity contribution is -0.0566. The number of aromatic carboxylic acids is 1. The van der Waals surface area contributed by atoms with Crippen molar-refractivity contribution in [2.24, 2.45) is 17.8 Å². The largest absolute Gasteiger partial charge is 0.478 e. The molecule has 760 valence electrons. The highest BCUT2D eigenvalue weighted by molar-refractivity contribution is 6.34. The number of halogens is 3. The van der Waals surface area contributed by atoms with Gasteiger partial charge in [0.15, 0.2) is 0 Å². The second kappa shape index (κ2) is 54.0. The molecule has 0 aliphatic carbocycles. The number of nitrogens with zero attached hydrogens (tertiary/aromatic N) is 4. The molecule has 3 saturated heterocycles. The first-order valence-electron chi connectivity index (χ1n) is 48.8. The van der Waals surface area contributed by atoms with Gasteiger partial charge in [-0.15, -0.1) is 0 Å². The van der Waals surface area contributed by atoms with E-state index in [1.54, 1.807) is 59.1 Å². The molecule has 141 heavy (non-hydrogen) atoms. The monoisotopic (exact) mass is 1990 g/mol. The topological polar surface area (TPSA) is 337 Å². The molecule has 9 aromatic rings. The lowest BCUT2D eigenvalue weighted by Gasteiger charge is -2.44. The molecule has 3 fully saturated rings. The Balaban J connectivity index is 0.000000220. The van der Waals surface area contributed by atoms with E-state index in [0.717, 1.165) is 138 Å². The van der Waals surface area contributed by atoms with E-state index in [4.69, 9.17) is 58.9 Å². The zero-order valence-corrected chi connectivity index (χ0v) is 86.7. The van der Waals surface area contributed by atoms with Crippen LogP contribution in [0.1, 0.15) is 221 Å². The molecule has 0 bridgehead atoms. The van der Waals surface area contributed by atoms with E-state index < -0.39 is 64.4 Å². The molecule has 7 amide bonds. The summed E-state index contributed by atoms with van der Waals surface area (Å²) in [6.45, 7) is 23.5. The molecule has 9 aromatic carbocycles. The summed E-state index contributed by atoms with van der Waals surface area (Å²) in [5.74, 6) is -1.58. The number of rotatable bonds is 33. The van der Waals surface area contributed by atoms with Crippen LogP contribution in [0.3, 0.4) is 0 Å². The van der Waals surface area contributed by atoms with Crippen LogP contribution in [0.25, 0.3) is 33.4 Å². The Kier molecular flexibility index (Phi) is 43.3. The van der Waals surface area contributed by atoms with E-state index in [0.29, 0.717) is 136 Å². The van der Waals surface area contributed by atoms with E-state index in [-0.39, 0.29) is 35.1 Å². The van der Waals surface area contributed by atoms with Gasteiger partial charge in [-0.3, -0.25) is 9.59 Å². The smallest absolute Gasteiger partial charge is 0.410 e. The second-order valence-electron chi connectivity index (χ2n) is 38.3. The van der Waals surface area contributed by atoms with Crippen molar-refractivity contribution in [2.45, 2.75) is 206 Å². The minimum Gasteiger partial charge on any atom is -0.478 e. The van der Waals surface area contributed by atoms with E-state index in [2.05, 4.69) is 94.6 Å². The summed E-state index contributed by atoms with van der Waals surface area (Å²) < 4.78 is 24.8. The molecule has 3 aliphatic rings. The SMILES string of the molecule is CCc1cccc(-c2c(Cl)cccc2[C@](O)(CCCNC(=O)OC)[C@@H]2CCCN(C(=O)c3ccc(CN(C)C(=O)OC(C)(C)C)cc3)C2)c1.CCc1cccc(-c2c(Cl)cccc2[C@](O)(CCCNC(=O)OC)[C@@H]2CCCN(C(=O)c3ccc(CNC)cc3)C2)c1.CCc1cccc(-c2c(Cl)cccc2[C@](O)(CCCNC(=O)OC)[C@@H]2CCCNC2)c1.CN(Cc1ccc(C(=O)O)cc1)C(=O)OC(C)(C)C. The average Bonchev–Trinajstić information content (AvgIpc) is 0.788. The normalized spacial score (nSPS) is 16.0. The molecular weight excluding hydrogens is 1850 g/mol. The van der Waals surface area contributed by atoms with Gasteiger partial charge in [0.25, 0.3) is 11.8 Å². The minimum absolute atomic E-state index is 0.0348. The van der Waals surface area contributed by atoms with Crippen LogP contribution in [-0.4, -0.2) is 201 Å². The second-order valence-corrected chi connectivity index (χ2v) is 39.5. The summed E-state index contributed by atoms with van der Waals surface area (Å²) in [5, 5.41) is 63.0. The maximum absolute atomic E-state index is 13.9. The Morgan fingerprint density at radius 2 is 0.745 bits per heavy atom. The molecule has 26 nitrogen and oxygen atoms in total. The fourth-order valence-corrected chi connectivity index (χ4v) is 19.3. The number of ether oxygens (including phenoxy) is 5. The Morgan fingerprint density at radius 1 is 0.426 bits per heavy atom. The van der Waals surface area contributed by atoms with Crippen molar-refractivity contribution in [3.05, 3.63) is 282 Å². The first kappa shape index (κ1) is 113. The summed E-state index contributed by atoms with van der Waals surface area (Å²) >= 11 is 20.5. The summed E-state index contributed by atoms with van der Waals surface area (Å²) in [6.07, 6.45) is 8.15. The Bertz CT molecular complexity index is 5620. The zero-order chi connectivity index (χ0) is 103. The molecule has 9 N–H and O–H groups in total. The summed E-state index contributed by atoms with van der Waals surface area (Å²) in [5.41, 5.74) is 10.7. The molecule has 3 aliphatic heterocycles. The van der Waals surface area contributed by atoms with Gasteiger partial charge in [0, 0.05) is 147 Å². The third-order valence-corrected chi connectivity index (χ3v) is 26.8. The van der Waals surface area contributed by atoms with Gasteiger partial charge in [-0.1, -0.05) is 201 Å². The van der Waals surface area contributed by atoms with Crippen molar-refractivity contribution in [1.82, 2.24) is 46.2 Å². The van der Waals surface area contributed by atoms with Crippen LogP contribution < -0.4 is 26.6 Å². The molecule has 12 rings (SSSR count). The van der Waals surface area contributed by atoms with Gasteiger partial charge in [0.2, 0.25) is 0 Å². The predicted molar refractivity (Wildman–Crippen MR) is 557 cm³/mol. The van der Waals surface area contributed by atoms with Gasteiger partial charge in [-0.25, -0.2) is 28.8 Å². The number of alkyl carbamates (subject to hydrolysis) is 3. The molecular formula is C112H144Cl3N9O17. The van der Waals surface area contributed by atoms with Gasteiger partial charge < -0.3 is 90.3 Å². The third-order valence-electron chi connectivity index (χ3n) is 25.9. The fraction of sp³-hybridized carbons (Fsp3) is 0.446. The standard InChI is InChI=1S/C39H50ClN3O6.C34H42ClN3O4.C25H33ClN2O3.C14H19NO4/c1-7-27-12-8-13-30(24-27)34-32(15-9-16-33(34)40)39(47,21-11-22-41-36(45)48-6)31-14-10-23-43(26-31)35(44)29-19-17-28(18-20-29)25-42(5)37(46)49-38(2,3)4;1-4-24-9-5-10-27(21-24)31-29(12-6-13-30(31)35)34(41,18-8-19-37-33(40)42-3)28-11-7-20-38(23-28)32(39)26-16-14-25(15-17-26)22-36-2;1-3-18-8-4-9-19(16-18)23-21(11-5-12-22(23)26)25(30,20-10-6-14-27-17-20)13-7-15-28-24(29)31-2;1-14(2,3)19-13(18)15(4)9-10-5-7-11(8-6-10)12(16)17/h8-9,12-13,15-20,24,31,47H,7,10-11,14,21-23,25-26H2,1-6H3,(H,41,45);5-6,9-10,12-17,21,28,36,41H,4,7-8,11,18-20,22-23H2,1-3H3,(H,37,40);4-5,8-9,11-12,16,20,27,30H,3,6-7,10,13-15,17H2,1-2H3,(H,28,29);5-8H,9H2,1-4H3,(H,16,17)/t31-,39+;28-,34+;20-,25+;/m111./s1. The number of benzene rings is 9. The minimum atomic E-state index is -1.35. The third kappa shape index (κ3) is 32.5. The van der Waals surface area contributed by atoms with Crippen molar-refractivity contribution in [3.63, 3.8) is 0 Å². The number of hydrogen-bond donors (Lipinski definition) is 9. The number of hydrogen-bond acceptors (Lipinski definition) is 18. The number of aliphatic hydroxyl groups is 3. The first-order valence-corrected chi connectivity index (χ1v) is 50.0. The van der Waals surface area contributed by atoms with Crippen molar-refractivity contribution in [1.29, 1.82) is 0 Å².